The lowest BCUT2D eigenvalue weighted by Crippen LogP contribution is -2.20. The number of para-hydroxylation sites is 1. The Kier molecular flexibility index (Phi) is 5.41. The molecule has 1 heterocycles. The Labute approximate surface area is 167 Å². The lowest BCUT2D eigenvalue weighted by Gasteiger charge is -2.10. The highest BCUT2D eigenvalue weighted by atomic mass is 35.5. The summed E-state index contributed by atoms with van der Waals surface area (Å²) in [5, 5.41) is 9.73. The van der Waals surface area contributed by atoms with E-state index in [0.717, 1.165) is 53.4 Å². The van der Waals surface area contributed by atoms with Crippen LogP contribution in [0.25, 0.3) is 11.3 Å². The van der Waals surface area contributed by atoms with Crippen LogP contribution < -0.4 is 10.6 Å². The first-order chi connectivity index (χ1) is 13.2. The van der Waals surface area contributed by atoms with Crippen LogP contribution in [0.5, 0.6) is 0 Å². The van der Waals surface area contributed by atoms with E-state index in [2.05, 4.69) is 15.6 Å². The second-order valence-corrected chi connectivity index (χ2v) is 7.96. The molecule has 27 heavy (non-hydrogen) atoms. The third-order valence-corrected chi connectivity index (χ3v) is 5.88. The number of nitrogens with one attached hydrogen (secondary N) is 2. The zero-order chi connectivity index (χ0) is 18.6. The molecule has 1 aliphatic carbocycles. The van der Waals surface area contributed by atoms with Crippen LogP contribution in [0.1, 0.15) is 25.7 Å². The van der Waals surface area contributed by atoms with E-state index < -0.39 is 0 Å². The monoisotopic (exact) mass is 397 g/mol. The molecule has 1 saturated carbocycles. The number of amides is 1. The maximum atomic E-state index is 12.2. The Hall–Kier alpha value is -2.37. The molecular weight excluding hydrogens is 378 g/mol. The van der Waals surface area contributed by atoms with Crippen molar-refractivity contribution < 1.29 is 4.79 Å². The molecule has 3 aromatic rings. The maximum Gasteiger partial charge on any atom is 0.227 e. The molecule has 1 aromatic heterocycles. The Morgan fingerprint density at radius 1 is 1.07 bits per heavy atom. The number of carbonyl (C=O) groups is 1. The summed E-state index contributed by atoms with van der Waals surface area (Å²) in [6.07, 6.45) is 4.32. The summed E-state index contributed by atoms with van der Waals surface area (Å²) < 4.78 is 0. The van der Waals surface area contributed by atoms with Crippen molar-refractivity contribution in [2.24, 2.45) is 5.92 Å². The van der Waals surface area contributed by atoms with Crippen LogP contribution >= 0.6 is 22.9 Å². The highest BCUT2D eigenvalue weighted by Crippen LogP contribution is 2.31. The van der Waals surface area contributed by atoms with Crippen LogP contribution in [-0.2, 0) is 4.79 Å². The minimum absolute atomic E-state index is 0.139. The van der Waals surface area contributed by atoms with Crippen LogP contribution in [0.15, 0.2) is 53.9 Å². The molecule has 2 aromatic carbocycles. The van der Waals surface area contributed by atoms with Gasteiger partial charge in [-0.2, -0.15) is 0 Å². The van der Waals surface area contributed by atoms with Crippen LogP contribution in [-0.4, -0.2) is 10.9 Å². The van der Waals surface area contributed by atoms with Gasteiger partial charge in [0.15, 0.2) is 5.13 Å². The fourth-order valence-corrected chi connectivity index (χ4v) is 4.21. The summed E-state index contributed by atoms with van der Waals surface area (Å²) in [6, 6.07) is 15.4. The summed E-state index contributed by atoms with van der Waals surface area (Å²) >= 11 is 7.71. The average molecular weight is 398 g/mol. The summed E-state index contributed by atoms with van der Waals surface area (Å²) in [5.41, 5.74) is 3.57. The molecule has 138 valence electrons. The van der Waals surface area contributed by atoms with Crippen LogP contribution in [0, 0.1) is 5.92 Å². The molecule has 0 bridgehead atoms. The van der Waals surface area contributed by atoms with Crippen LogP contribution in [0.3, 0.4) is 0 Å². The largest absolute Gasteiger partial charge is 0.330 e. The summed E-state index contributed by atoms with van der Waals surface area (Å²) in [5.74, 6) is 0.307. The first kappa shape index (κ1) is 18.0. The minimum atomic E-state index is 0.139. The van der Waals surface area contributed by atoms with Crippen molar-refractivity contribution in [3.63, 3.8) is 0 Å². The molecule has 0 atom stereocenters. The molecule has 0 aliphatic heterocycles. The third kappa shape index (κ3) is 4.31. The minimum Gasteiger partial charge on any atom is -0.330 e. The van der Waals surface area contributed by atoms with Gasteiger partial charge < -0.3 is 10.6 Å². The van der Waals surface area contributed by atoms with Crippen LogP contribution in [0.2, 0.25) is 5.02 Å². The quantitative estimate of drug-likeness (QED) is 0.528. The maximum absolute atomic E-state index is 12.2. The highest BCUT2D eigenvalue weighted by molar-refractivity contribution is 7.14. The number of aromatic nitrogens is 1. The first-order valence-corrected chi connectivity index (χ1v) is 10.3. The van der Waals surface area contributed by atoms with Crippen molar-refractivity contribution in [3.8, 4) is 11.3 Å². The molecule has 1 amide bonds. The van der Waals surface area contributed by atoms with Gasteiger partial charge in [0.05, 0.1) is 16.4 Å². The lowest BCUT2D eigenvalue weighted by atomic mass is 10.1. The van der Waals surface area contributed by atoms with Crippen molar-refractivity contribution in [1.82, 2.24) is 4.98 Å². The van der Waals surface area contributed by atoms with Crippen molar-refractivity contribution >= 4 is 45.4 Å². The molecule has 0 spiro atoms. The fraction of sp³-hybridized carbons (Fsp3) is 0.238. The van der Waals surface area contributed by atoms with Crippen molar-refractivity contribution in [2.45, 2.75) is 25.7 Å². The second kappa shape index (κ2) is 8.11. The molecule has 0 saturated heterocycles. The number of thiazole rings is 1. The van der Waals surface area contributed by atoms with E-state index in [1.54, 1.807) is 0 Å². The SMILES string of the molecule is O=C(Nc1ccc(-c2csc(Nc3ccccc3Cl)n2)cc1)C1CCCC1. The molecule has 0 unspecified atom stereocenters. The number of nitrogens with zero attached hydrogens (tertiary/aromatic N) is 1. The zero-order valence-electron chi connectivity index (χ0n) is 14.7. The molecular formula is C21H20ClN3OS. The first-order valence-electron chi connectivity index (χ1n) is 9.07. The molecule has 4 nitrogen and oxygen atoms in total. The number of carbonyl (C=O) groups excluding carboxylic acids is 1. The lowest BCUT2D eigenvalue weighted by molar-refractivity contribution is -0.119. The summed E-state index contributed by atoms with van der Waals surface area (Å²) in [7, 11) is 0. The van der Waals surface area contributed by atoms with Crippen molar-refractivity contribution in [3.05, 3.63) is 58.9 Å². The van der Waals surface area contributed by atoms with Gasteiger partial charge in [-0.05, 0) is 37.1 Å². The van der Waals surface area contributed by atoms with Gasteiger partial charge in [-0.15, -0.1) is 11.3 Å². The number of hydrogen-bond acceptors (Lipinski definition) is 4. The predicted molar refractivity (Wildman–Crippen MR) is 113 cm³/mol. The van der Waals surface area contributed by atoms with Gasteiger partial charge in [0, 0.05) is 22.5 Å². The number of anilines is 3. The van der Waals surface area contributed by atoms with Gasteiger partial charge in [-0.3, -0.25) is 4.79 Å². The van der Waals surface area contributed by atoms with Gasteiger partial charge in [-0.25, -0.2) is 4.98 Å². The summed E-state index contributed by atoms with van der Waals surface area (Å²) in [4.78, 5) is 16.9. The topological polar surface area (TPSA) is 54.0 Å². The Bertz CT molecular complexity index is 933. The molecule has 2 N–H and O–H groups in total. The summed E-state index contributed by atoms with van der Waals surface area (Å²) in [6.45, 7) is 0. The molecule has 1 aliphatic rings. The van der Waals surface area contributed by atoms with Gasteiger partial charge >= 0.3 is 0 Å². The van der Waals surface area contributed by atoms with Crippen molar-refractivity contribution in [2.75, 3.05) is 10.6 Å². The number of benzene rings is 2. The standard InChI is InChI=1S/C21H20ClN3OS/c22-17-7-3-4-8-18(17)24-21-25-19(13-27-21)14-9-11-16(12-10-14)23-20(26)15-5-1-2-6-15/h3-4,7-13,15H,1-2,5-6H2,(H,23,26)(H,24,25). The van der Waals surface area contributed by atoms with E-state index in [9.17, 15) is 4.79 Å². The van der Waals surface area contributed by atoms with E-state index in [1.165, 1.54) is 11.3 Å². The zero-order valence-corrected chi connectivity index (χ0v) is 16.3. The number of hydrogen-bond donors (Lipinski definition) is 2. The fourth-order valence-electron chi connectivity index (χ4n) is 3.30. The second-order valence-electron chi connectivity index (χ2n) is 6.69. The van der Waals surface area contributed by atoms with Crippen molar-refractivity contribution in [1.29, 1.82) is 0 Å². The molecule has 1 fully saturated rings. The van der Waals surface area contributed by atoms with E-state index in [-0.39, 0.29) is 11.8 Å². The smallest absolute Gasteiger partial charge is 0.227 e. The van der Waals surface area contributed by atoms with Gasteiger partial charge in [0.2, 0.25) is 5.91 Å². The van der Waals surface area contributed by atoms with Gasteiger partial charge in [0.25, 0.3) is 0 Å². The van der Waals surface area contributed by atoms with Gasteiger partial charge in [0.1, 0.15) is 0 Å². The predicted octanol–water partition coefficient (Wildman–Crippen LogP) is 6.34. The molecule has 4 rings (SSSR count). The average Bonchev–Trinajstić information content (AvgIpc) is 3.36. The van der Waals surface area contributed by atoms with E-state index in [1.807, 2.05) is 53.9 Å². The molecule has 0 radical (unpaired) electrons. The number of halogens is 1. The Balaban J connectivity index is 1.42. The number of rotatable bonds is 5. The third-order valence-electron chi connectivity index (χ3n) is 4.79. The van der Waals surface area contributed by atoms with E-state index >= 15 is 0 Å². The highest BCUT2D eigenvalue weighted by Gasteiger charge is 2.22. The Morgan fingerprint density at radius 2 is 1.81 bits per heavy atom. The molecule has 6 heteroatoms. The Morgan fingerprint density at radius 3 is 2.56 bits per heavy atom. The van der Waals surface area contributed by atoms with Crippen LogP contribution in [0.4, 0.5) is 16.5 Å². The normalized spacial score (nSPS) is 14.3. The van der Waals surface area contributed by atoms with E-state index in [0.29, 0.717) is 5.02 Å². The van der Waals surface area contributed by atoms with E-state index in [4.69, 9.17) is 11.6 Å². The van der Waals surface area contributed by atoms with Gasteiger partial charge in [-0.1, -0.05) is 48.7 Å².